The van der Waals surface area contributed by atoms with E-state index in [4.69, 9.17) is 4.74 Å². The van der Waals surface area contributed by atoms with Crippen LogP contribution in [0.2, 0.25) is 0 Å². The summed E-state index contributed by atoms with van der Waals surface area (Å²) in [6, 6.07) is 0. The van der Waals surface area contributed by atoms with Crippen LogP contribution in [0.15, 0.2) is 0 Å². The second-order valence-electron chi connectivity index (χ2n) is 11.2. The summed E-state index contributed by atoms with van der Waals surface area (Å²) >= 11 is 0. The Kier molecular flexibility index (Phi) is 19.4. The van der Waals surface area contributed by atoms with Crippen LogP contribution in [0.5, 0.6) is 0 Å². The fourth-order valence-electron chi connectivity index (χ4n) is 4.47. The minimum Gasteiger partial charge on any atom is -0.381 e. The quantitative estimate of drug-likeness (QED) is 0.229. The molecule has 0 saturated heterocycles. The first kappa shape index (κ1) is 51.5. The van der Waals surface area contributed by atoms with E-state index in [1.54, 1.807) is 0 Å². The van der Waals surface area contributed by atoms with Crippen LogP contribution in [0.3, 0.4) is 0 Å². The summed E-state index contributed by atoms with van der Waals surface area (Å²) in [5.41, 5.74) is -13.5. The molecule has 0 heterocycles. The zero-order valence-electron chi connectivity index (χ0n) is 27.5. The van der Waals surface area contributed by atoms with E-state index < -0.39 is 66.9 Å². The molecule has 0 spiro atoms. The SMILES string of the molecule is CCOC(F)(F)C(F)(C(F)(F)F)C(F)(F)F.COC(F)(F)C(F)(C(F)(F)F)C(F)(F)F.COC(F)(F)C1CCC(C)CC1.COC1CCCCC1. The molecule has 0 aliphatic heterocycles. The predicted molar refractivity (Wildman–Crippen MR) is 137 cm³/mol. The maximum Gasteiger partial charge on any atom is 0.440 e. The minimum absolute atomic E-state index is 0.175. The number of hydrogen-bond donors (Lipinski definition) is 0. The second-order valence-corrected chi connectivity index (χ2v) is 11.2. The lowest BCUT2D eigenvalue weighted by atomic mass is 9.82. The summed E-state index contributed by atoms with van der Waals surface area (Å²) in [7, 11) is 2.72. The number of hydrogen-bond acceptors (Lipinski definition) is 4. The lowest BCUT2D eigenvalue weighted by Crippen LogP contribution is -2.65. The van der Waals surface area contributed by atoms with E-state index in [0.717, 1.165) is 20.0 Å². The average molecular weight is 807 g/mol. The molecule has 0 aromatic heterocycles. The van der Waals surface area contributed by atoms with Crippen LogP contribution in [0.25, 0.3) is 0 Å². The van der Waals surface area contributed by atoms with Gasteiger partial charge >= 0.3 is 54.4 Å². The number of halogens is 20. The highest BCUT2D eigenvalue weighted by molar-refractivity contribution is 5.02. The second kappa shape index (κ2) is 19.2. The van der Waals surface area contributed by atoms with Crippen molar-refractivity contribution in [1.82, 2.24) is 0 Å². The molecule has 24 heteroatoms. The standard InChI is InChI=1S/C9H16F2O.C7H14O.C6H5F9O.C5H3F9O/c1-7-3-5-8(6-4-7)9(10,11)12-2;1-8-7-5-3-2-4-6-7;1-2-16-6(14,15)3(7,4(8,9)10)5(11,12)13;1-15-5(13,14)2(6,3(7,8)9)4(10,11)12/h7-8H,3-6H2,1-2H3;7H,2-6H2,1H3;2H2,1H3;1H3. The van der Waals surface area contributed by atoms with E-state index >= 15 is 0 Å². The third-order valence-electron chi connectivity index (χ3n) is 7.60. The van der Waals surface area contributed by atoms with Crippen molar-refractivity contribution in [3.05, 3.63) is 0 Å². The molecule has 2 aliphatic carbocycles. The van der Waals surface area contributed by atoms with Gasteiger partial charge in [-0.15, -0.1) is 0 Å². The van der Waals surface area contributed by atoms with Gasteiger partial charge in [-0.25, -0.2) is 8.78 Å². The molecule has 51 heavy (non-hydrogen) atoms. The number of ether oxygens (including phenoxy) is 4. The van der Waals surface area contributed by atoms with Gasteiger partial charge in [0.15, 0.2) is 0 Å². The highest BCUT2D eigenvalue weighted by Crippen LogP contribution is 2.56. The summed E-state index contributed by atoms with van der Waals surface area (Å²) in [4.78, 5) is 0. The smallest absolute Gasteiger partial charge is 0.381 e. The van der Waals surface area contributed by atoms with E-state index in [1.807, 2.05) is 7.11 Å². The summed E-state index contributed by atoms with van der Waals surface area (Å²) in [6.07, 6.45) is -32.0. The van der Waals surface area contributed by atoms with Crippen LogP contribution < -0.4 is 0 Å². The van der Waals surface area contributed by atoms with Crippen LogP contribution in [-0.2, 0) is 18.9 Å². The molecule has 2 rings (SSSR count). The molecule has 2 aliphatic rings. The van der Waals surface area contributed by atoms with Gasteiger partial charge in [-0.1, -0.05) is 39.0 Å². The lowest BCUT2D eigenvalue weighted by molar-refractivity contribution is -0.448. The van der Waals surface area contributed by atoms with Gasteiger partial charge in [-0.05, 0) is 38.5 Å². The maximum atomic E-state index is 12.9. The summed E-state index contributed by atoms with van der Waals surface area (Å²) in [6.45, 7) is 1.59. The Balaban J connectivity index is 0. The van der Waals surface area contributed by atoms with Crippen molar-refractivity contribution in [2.24, 2.45) is 11.8 Å². The molecular weight excluding hydrogens is 768 g/mol. The maximum absolute atomic E-state index is 12.9. The Hall–Kier alpha value is -1.56. The monoisotopic (exact) mass is 806 g/mol. The van der Waals surface area contributed by atoms with Crippen molar-refractivity contribution < 1.29 is 107 Å². The van der Waals surface area contributed by atoms with Gasteiger partial charge in [0, 0.05) is 21.3 Å². The third-order valence-corrected chi connectivity index (χ3v) is 7.60. The van der Waals surface area contributed by atoms with Crippen molar-refractivity contribution in [3.63, 3.8) is 0 Å². The van der Waals surface area contributed by atoms with Crippen LogP contribution in [0.4, 0.5) is 87.8 Å². The van der Waals surface area contributed by atoms with Gasteiger partial charge in [0.05, 0.1) is 18.6 Å². The summed E-state index contributed by atoms with van der Waals surface area (Å²) in [5.74, 6) is 0.0487. The summed E-state index contributed by atoms with van der Waals surface area (Å²) < 4.78 is 255. The van der Waals surface area contributed by atoms with E-state index in [0.29, 0.717) is 31.8 Å². The van der Waals surface area contributed by atoms with Crippen LogP contribution >= 0.6 is 0 Å². The first-order chi connectivity index (χ1) is 22.6. The Morgan fingerprint density at radius 1 is 0.471 bits per heavy atom. The summed E-state index contributed by atoms with van der Waals surface area (Å²) in [5, 5.41) is 0. The molecule has 0 bridgehead atoms. The van der Waals surface area contributed by atoms with Crippen molar-refractivity contribution >= 4 is 0 Å². The van der Waals surface area contributed by atoms with Crippen LogP contribution in [0.1, 0.15) is 71.6 Å². The predicted octanol–water partition coefficient (Wildman–Crippen LogP) is 11.5. The zero-order chi connectivity index (χ0) is 41.1. The molecule has 0 aromatic rings. The topological polar surface area (TPSA) is 36.9 Å². The molecule has 0 amide bonds. The van der Waals surface area contributed by atoms with E-state index in [-0.39, 0.29) is 7.11 Å². The van der Waals surface area contributed by atoms with Crippen LogP contribution in [0, 0.1) is 11.8 Å². The van der Waals surface area contributed by atoms with Crippen molar-refractivity contribution in [3.8, 4) is 0 Å². The van der Waals surface area contributed by atoms with E-state index in [9.17, 15) is 87.8 Å². The van der Waals surface area contributed by atoms with Gasteiger partial charge in [0.1, 0.15) is 0 Å². The highest BCUT2D eigenvalue weighted by atomic mass is 19.4. The Morgan fingerprint density at radius 2 is 0.824 bits per heavy atom. The molecule has 0 radical (unpaired) electrons. The fourth-order valence-corrected chi connectivity index (χ4v) is 4.47. The highest BCUT2D eigenvalue weighted by Gasteiger charge is 2.86. The normalized spacial score (nSPS) is 20.6. The van der Waals surface area contributed by atoms with Crippen molar-refractivity contribution in [2.75, 3.05) is 27.9 Å². The van der Waals surface area contributed by atoms with Gasteiger partial charge in [0.25, 0.3) is 0 Å². The van der Waals surface area contributed by atoms with Gasteiger partial charge in [-0.2, -0.15) is 79.0 Å². The van der Waals surface area contributed by atoms with Gasteiger partial charge < -0.3 is 18.9 Å². The molecule has 0 N–H and O–H groups in total. The van der Waals surface area contributed by atoms with E-state index in [1.165, 1.54) is 32.1 Å². The molecular formula is C27H38F20O4. The van der Waals surface area contributed by atoms with Crippen molar-refractivity contribution in [2.45, 2.75) is 132 Å². The molecule has 0 aromatic carbocycles. The molecule has 4 nitrogen and oxygen atoms in total. The Morgan fingerprint density at radius 3 is 1.06 bits per heavy atom. The van der Waals surface area contributed by atoms with E-state index in [2.05, 4.69) is 21.1 Å². The lowest BCUT2D eigenvalue weighted by Gasteiger charge is -2.35. The fraction of sp³-hybridized carbons (Fsp3) is 1.00. The molecule has 2 fully saturated rings. The third kappa shape index (κ3) is 13.4. The molecule has 310 valence electrons. The first-order valence-electron chi connectivity index (χ1n) is 14.7. The Bertz CT molecular complexity index is 936. The van der Waals surface area contributed by atoms with Gasteiger partial charge in [0.2, 0.25) is 0 Å². The number of rotatable bonds is 8. The largest absolute Gasteiger partial charge is 0.440 e. The Labute approximate surface area is 279 Å². The number of alkyl halides is 20. The first-order valence-corrected chi connectivity index (χ1v) is 14.7. The minimum atomic E-state index is -6.84. The average Bonchev–Trinajstić information content (AvgIpc) is 2.99. The van der Waals surface area contributed by atoms with Gasteiger partial charge in [-0.3, -0.25) is 0 Å². The zero-order valence-corrected chi connectivity index (χ0v) is 27.5. The van der Waals surface area contributed by atoms with Crippen molar-refractivity contribution in [1.29, 1.82) is 0 Å². The number of methoxy groups -OCH3 is 3. The molecule has 2 saturated carbocycles. The molecule has 0 unspecified atom stereocenters. The van der Waals surface area contributed by atoms with Crippen LogP contribution in [-0.4, -0.2) is 88.4 Å². The molecule has 0 atom stereocenters.